The van der Waals surface area contributed by atoms with Crippen LogP contribution in [0.5, 0.6) is 0 Å². The summed E-state index contributed by atoms with van der Waals surface area (Å²) in [5.74, 6) is -0.267. The number of rotatable bonds is 5. The molecule has 174 valence electrons. The largest absolute Gasteiger partial charge is 0.361 e. The fourth-order valence-corrected chi connectivity index (χ4v) is 4.09. The minimum absolute atomic E-state index is 0.0998. The second-order valence-electron chi connectivity index (χ2n) is 8.45. The summed E-state index contributed by atoms with van der Waals surface area (Å²) in [7, 11) is 0. The average Bonchev–Trinajstić information content (AvgIpc) is 3.37. The highest BCUT2D eigenvalue weighted by Crippen LogP contribution is 2.34. The molecular formula is C28H23FN4O2. The third-order valence-electron chi connectivity index (χ3n) is 5.71. The number of Topliss-reactive ketones (excluding diaryl/α,β-unsaturated/α-hetero) is 1. The molecule has 6 nitrogen and oxygen atoms in total. The maximum Gasteiger partial charge on any atom is 0.323 e. The summed E-state index contributed by atoms with van der Waals surface area (Å²) in [4.78, 5) is 28.1. The number of benzene rings is 3. The summed E-state index contributed by atoms with van der Waals surface area (Å²) in [5.41, 5.74) is 7.38. The molecule has 3 aromatic carbocycles. The lowest BCUT2D eigenvalue weighted by Gasteiger charge is -2.11. The number of allylic oxidation sites excluding steroid dienone is 1. The molecule has 0 spiro atoms. The number of H-pyrrole nitrogens is 1. The molecule has 1 aliphatic rings. The Labute approximate surface area is 201 Å². The van der Waals surface area contributed by atoms with Crippen LogP contribution in [-0.4, -0.2) is 16.8 Å². The zero-order valence-electron chi connectivity index (χ0n) is 19.0. The Morgan fingerprint density at radius 1 is 0.914 bits per heavy atom. The Hall–Kier alpha value is -4.65. The van der Waals surface area contributed by atoms with Gasteiger partial charge in [0.05, 0.1) is 0 Å². The van der Waals surface area contributed by atoms with E-state index in [0.29, 0.717) is 23.4 Å². The van der Waals surface area contributed by atoms with Gasteiger partial charge in [0.25, 0.3) is 0 Å². The van der Waals surface area contributed by atoms with Gasteiger partial charge >= 0.3 is 6.03 Å². The van der Waals surface area contributed by atoms with Gasteiger partial charge in [0, 0.05) is 46.6 Å². The molecule has 0 radical (unpaired) electrons. The van der Waals surface area contributed by atoms with E-state index >= 15 is 0 Å². The maximum absolute atomic E-state index is 13.0. The minimum Gasteiger partial charge on any atom is -0.361 e. The number of fused-ring (bicyclic) bond motifs is 1. The van der Waals surface area contributed by atoms with E-state index in [1.54, 1.807) is 6.07 Å². The summed E-state index contributed by atoms with van der Waals surface area (Å²) in [6.07, 6.45) is 4.18. The van der Waals surface area contributed by atoms with Crippen LogP contribution in [0.15, 0.2) is 79.0 Å². The number of ketones is 1. The zero-order valence-corrected chi connectivity index (χ0v) is 19.0. The third kappa shape index (κ3) is 5.14. The van der Waals surface area contributed by atoms with E-state index < -0.39 is 6.03 Å². The van der Waals surface area contributed by atoms with Gasteiger partial charge in [0.2, 0.25) is 0 Å². The molecule has 1 aromatic heterocycles. The number of nitrogens with one attached hydrogen (secondary N) is 4. The van der Waals surface area contributed by atoms with Crippen molar-refractivity contribution in [2.45, 2.75) is 13.3 Å². The number of carbonyl (C=O) groups excluding carboxylic acids is 2. The molecule has 35 heavy (non-hydrogen) atoms. The zero-order chi connectivity index (χ0) is 24.4. The fourth-order valence-electron chi connectivity index (χ4n) is 4.09. The first-order chi connectivity index (χ1) is 16.9. The standard InChI is InChI=1S/C28H23FN4O2/c1-17-11-24(30-16-17)15-26-25-10-9-23(12-18(25)13-27(26)34)31-21-3-2-4-22(14-21)33-28(35)32-20-7-5-19(29)6-8-20/h2-12,14-16,30-31H,13H2,1H3,(H2,32,33,35)/b26-15-. The normalized spacial score (nSPS) is 13.5. The van der Waals surface area contributed by atoms with E-state index in [-0.39, 0.29) is 11.6 Å². The van der Waals surface area contributed by atoms with Gasteiger partial charge in [-0.1, -0.05) is 12.1 Å². The fraction of sp³-hybridized carbons (Fsp3) is 0.0714. The molecule has 0 bridgehead atoms. The van der Waals surface area contributed by atoms with E-state index in [1.165, 1.54) is 24.3 Å². The third-order valence-corrected chi connectivity index (χ3v) is 5.71. The number of carbonyl (C=O) groups is 2. The van der Waals surface area contributed by atoms with Crippen LogP contribution in [0.1, 0.15) is 22.4 Å². The molecule has 4 aromatic rings. The predicted octanol–water partition coefficient (Wildman–Crippen LogP) is 6.52. The molecule has 1 aliphatic carbocycles. The highest BCUT2D eigenvalue weighted by Gasteiger charge is 2.24. The van der Waals surface area contributed by atoms with E-state index in [4.69, 9.17) is 0 Å². The summed E-state index contributed by atoms with van der Waals surface area (Å²) in [6.45, 7) is 2.00. The number of hydrogen-bond acceptors (Lipinski definition) is 3. The quantitative estimate of drug-likeness (QED) is 0.253. The number of halogens is 1. The first-order valence-electron chi connectivity index (χ1n) is 11.2. The molecule has 4 N–H and O–H groups in total. The molecule has 5 rings (SSSR count). The van der Waals surface area contributed by atoms with Crippen molar-refractivity contribution < 1.29 is 14.0 Å². The summed E-state index contributed by atoms with van der Waals surface area (Å²) in [5, 5.41) is 8.77. The van der Waals surface area contributed by atoms with Crippen molar-refractivity contribution in [2.24, 2.45) is 0 Å². The maximum atomic E-state index is 13.0. The Bertz CT molecular complexity index is 1450. The van der Waals surface area contributed by atoms with Crippen LogP contribution in [-0.2, 0) is 11.2 Å². The van der Waals surface area contributed by atoms with Gasteiger partial charge in [-0.2, -0.15) is 0 Å². The number of hydrogen-bond donors (Lipinski definition) is 4. The molecule has 0 saturated carbocycles. The number of anilines is 4. The first-order valence-corrected chi connectivity index (χ1v) is 11.2. The topological polar surface area (TPSA) is 86.0 Å². The van der Waals surface area contributed by atoms with Crippen LogP contribution in [0.2, 0.25) is 0 Å². The van der Waals surface area contributed by atoms with Gasteiger partial charge in [-0.25, -0.2) is 9.18 Å². The Kier molecular flexibility index (Phi) is 5.89. The lowest BCUT2D eigenvalue weighted by atomic mass is 10.1. The second-order valence-corrected chi connectivity index (χ2v) is 8.45. The van der Waals surface area contributed by atoms with Crippen molar-refractivity contribution in [2.75, 3.05) is 16.0 Å². The molecule has 0 aliphatic heterocycles. The van der Waals surface area contributed by atoms with E-state index in [1.807, 2.05) is 61.7 Å². The number of urea groups is 1. The van der Waals surface area contributed by atoms with Gasteiger partial charge in [-0.15, -0.1) is 0 Å². The van der Waals surface area contributed by atoms with Gasteiger partial charge in [-0.05, 0) is 90.4 Å². The minimum atomic E-state index is -0.429. The monoisotopic (exact) mass is 466 g/mol. The van der Waals surface area contributed by atoms with E-state index in [0.717, 1.165) is 33.8 Å². The molecular weight excluding hydrogens is 443 g/mol. The summed E-state index contributed by atoms with van der Waals surface area (Å²) >= 11 is 0. The molecule has 2 amide bonds. The van der Waals surface area contributed by atoms with Crippen molar-refractivity contribution in [1.82, 2.24) is 4.98 Å². The van der Waals surface area contributed by atoms with Gasteiger partial charge < -0.3 is 20.9 Å². The van der Waals surface area contributed by atoms with Gasteiger partial charge in [-0.3, -0.25) is 4.79 Å². The van der Waals surface area contributed by atoms with Crippen molar-refractivity contribution in [3.63, 3.8) is 0 Å². The van der Waals surface area contributed by atoms with Crippen molar-refractivity contribution in [3.8, 4) is 0 Å². The van der Waals surface area contributed by atoms with Crippen LogP contribution in [0, 0.1) is 12.7 Å². The lowest BCUT2D eigenvalue weighted by Crippen LogP contribution is -2.19. The van der Waals surface area contributed by atoms with E-state index in [2.05, 4.69) is 20.9 Å². The molecule has 0 saturated heterocycles. The predicted molar refractivity (Wildman–Crippen MR) is 137 cm³/mol. The molecule has 7 heteroatoms. The van der Waals surface area contributed by atoms with Crippen molar-refractivity contribution in [1.29, 1.82) is 0 Å². The van der Waals surface area contributed by atoms with Gasteiger partial charge in [0.15, 0.2) is 5.78 Å². The summed E-state index contributed by atoms with van der Waals surface area (Å²) in [6, 6.07) is 20.3. The lowest BCUT2D eigenvalue weighted by molar-refractivity contribution is -0.112. The van der Waals surface area contributed by atoms with Crippen LogP contribution >= 0.6 is 0 Å². The number of amides is 2. The average molecular weight is 467 g/mol. The Morgan fingerprint density at radius 2 is 1.63 bits per heavy atom. The van der Waals surface area contributed by atoms with Gasteiger partial charge in [0.1, 0.15) is 5.82 Å². The SMILES string of the molecule is Cc1c[nH]c(/C=C2\C(=O)Cc3cc(Nc4cccc(NC(=O)Nc5ccc(F)cc5)c4)ccc32)c1. The Morgan fingerprint density at radius 3 is 2.40 bits per heavy atom. The van der Waals surface area contributed by atoms with E-state index in [9.17, 15) is 14.0 Å². The van der Waals surface area contributed by atoms with Crippen molar-refractivity contribution in [3.05, 3.63) is 107 Å². The second kappa shape index (κ2) is 9.30. The highest BCUT2D eigenvalue weighted by molar-refractivity contribution is 6.29. The number of aryl methyl sites for hydroxylation is 1. The number of aromatic nitrogens is 1. The summed E-state index contributed by atoms with van der Waals surface area (Å²) < 4.78 is 13.0. The Balaban J connectivity index is 1.28. The van der Waals surface area contributed by atoms with Crippen LogP contribution < -0.4 is 16.0 Å². The van der Waals surface area contributed by atoms with Crippen molar-refractivity contribution >= 4 is 46.2 Å². The van der Waals surface area contributed by atoms with Crippen LogP contribution in [0.4, 0.5) is 31.9 Å². The van der Waals surface area contributed by atoms with Crippen LogP contribution in [0.25, 0.3) is 11.6 Å². The molecule has 0 atom stereocenters. The number of aromatic amines is 1. The highest BCUT2D eigenvalue weighted by atomic mass is 19.1. The smallest absolute Gasteiger partial charge is 0.323 e. The molecule has 0 fully saturated rings. The molecule has 1 heterocycles. The van der Waals surface area contributed by atoms with Crippen LogP contribution in [0.3, 0.4) is 0 Å². The first kappa shape index (κ1) is 22.2. The molecule has 0 unspecified atom stereocenters.